The molecule has 1 saturated heterocycles. The predicted octanol–water partition coefficient (Wildman–Crippen LogP) is 1.38. The first-order chi connectivity index (χ1) is 13.6. The Morgan fingerprint density at radius 1 is 1.24 bits per heavy atom. The molecule has 2 unspecified atom stereocenters. The number of sulfonamides is 1. The minimum absolute atomic E-state index is 0.0203. The second-order valence-corrected chi connectivity index (χ2v) is 9.95. The molecule has 2 N–H and O–H groups in total. The summed E-state index contributed by atoms with van der Waals surface area (Å²) < 4.78 is 25.3. The molecule has 1 aromatic rings. The van der Waals surface area contributed by atoms with Gasteiger partial charge in [-0.1, -0.05) is 19.8 Å². The highest BCUT2D eigenvalue weighted by atomic mass is 32.2. The highest BCUT2D eigenvalue weighted by Gasteiger charge is 2.55. The van der Waals surface area contributed by atoms with Crippen LogP contribution in [0.25, 0.3) is 0 Å². The maximum atomic E-state index is 12.9. The molecule has 158 valence electrons. The number of amides is 4. The molecule has 3 rings (SSSR count). The lowest BCUT2D eigenvalue weighted by atomic mass is 9.73. The van der Waals surface area contributed by atoms with E-state index >= 15 is 0 Å². The van der Waals surface area contributed by atoms with Gasteiger partial charge in [0.25, 0.3) is 5.91 Å². The van der Waals surface area contributed by atoms with Gasteiger partial charge < -0.3 is 10.6 Å². The van der Waals surface area contributed by atoms with Crippen molar-refractivity contribution in [2.45, 2.75) is 43.0 Å². The summed E-state index contributed by atoms with van der Waals surface area (Å²) in [5, 5.41) is 5.41. The number of imide groups is 1. The molecule has 1 aliphatic carbocycles. The largest absolute Gasteiger partial charge is 0.325 e. The van der Waals surface area contributed by atoms with Crippen LogP contribution in [0.15, 0.2) is 29.2 Å². The monoisotopic (exact) mass is 422 g/mol. The number of anilines is 1. The second-order valence-electron chi connectivity index (χ2n) is 7.80. The fourth-order valence-corrected chi connectivity index (χ4v) is 4.81. The molecule has 10 heteroatoms. The van der Waals surface area contributed by atoms with Crippen LogP contribution in [0.2, 0.25) is 0 Å². The average Bonchev–Trinajstić information content (AvgIpc) is 2.89. The molecule has 0 bridgehead atoms. The first-order valence-corrected chi connectivity index (χ1v) is 11.0. The smallest absolute Gasteiger partial charge is 0.325 e. The first kappa shape index (κ1) is 21.3. The number of hydrogen-bond acceptors (Lipinski definition) is 5. The van der Waals surface area contributed by atoms with E-state index in [1.165, 1.54) is 38.4 Å². The number of urea groups is 1. The van der Waals surface area contributed by atoms with Crippen molar-refractivity contribution in [2.24, 2.45) is 5.92 Å². The Morgan fingerprint density at radius 3 is 2.48 bits per heavy atom. The lowest BCUT2D eigenvalue weighted by molar-refractivity contribution is -0.136. The van der Waals surface area contributed by atoms with Crippen molar-refractivity contribution in [3.8, 4) is 0 Å². The molecular weight excluding hydrogens is 396 g/mol. The van der Waals surface area contributed by atoms with Crippen molar-refractivity contribution in [1.82, 2.24) is 14.5 Å². The third-order valence-electron chi connectivity index (χ3n) is 5.72. The molecule has 2 aliphatic rings. The quantitative estimate of drug-likeness (QED) is 0.696. The Kier molecular flexibility index (Phi) is 5.68. The molecule has 0 radical (unpaired) electrons. The zero-order valence-corrected chi connectivity index (χ0v) is 17.6. The van der Waals surface area contributed by atoms with Gasteiger partial charge in [0.1, 0.15) is 12.1 Å². The van der Waals surface area contributed by atoms with E-state index in [1.807, 2.05) is 6.92 Å². The van der Waals surface area contributed by atoms with E-state index in [-0.39, 0.29) is 16.7 Å². The Bertz CT molecular complexity index is 928. The van der Waals surface area contributed by atoms with Crippen LogP contribution in [0.4, 0.5) is 10.5 Å². The normalized spacial score (nSPS) is 24.8. The molecule has 1 aliphatic heterocycles. The number of nitrogens with zero attached hydrogens (tertiary/aromatic N) is 2. The molecule has 1 aromatic carbocycles. The van der Waals surface area contributed by atoms with E-state index in [9.17, 15) is 22.8 Å². The SMILES string of the molecule is CC1CCCCC12NC(=O)N(CC(=O)Nc1ccc(S(=O)(=O)N(C)C)cc1)C2=O. The van der Waals surface area contributed by atoms with Gasteiger partial charge in [0.05, 0.1) is 4.90 Å². The predicted molar refractivity (Wildman–Crippen MR) is 107 cm³/mol. The first-order valence-electron chi connectivity index (χ1n) is 9.54. The fraction of sp³-hybridized carbons (Fsp3) is 0.526. The van der Waals surface area contributed by atoms with Crippen molar-refractivity contribution in [3.63, 3.8) is 0 Å². The minimum Gasteiger partial charge on any atom is -0.325 e. The molecule has 4 amide bonds. The van der Waals surface area contributed by atoms with Crippen LogP contribution in [0.3, 0.4) is 0 Å². The van der Waals surface area contributed by atoms with E-state index in [0.29, 0.717) is 12.1 Å². The highest BCUT2D eigenvalue weighted by molar-refractivity contribution is 7.89. The van der Waals surface area contributed by atoms with Crippen LogP contribution in [0, 0.1) is 5.92 Å². The number of hydrogen-bond donors (Lipinski definition) is 2. The number of carbonyl (C=O) groups is 3. The van der Waals surface area contributed by atoms with E-state index in [0.717, 1.165) is 28.5 Å². The highest BCUT2D eigenvalue weighted by Crippen LogP contribution is 2.38. The molecular formula is C19H26N4O5S. The maximum Gasteiger partial charge on any atom is 0.325 e. The number of nitrogens with one attached hydrogen (secondary N) is 2. The zero-order chi connectivity index (χ0) is 21.4. The van der Waals surface area contributed by atoms with Crippen molar-refractivity contribution in [1.29, 1.82) is 0 Å². The van der Waals surface area contributed by atoms with Crippen LogP contribution in [-0.2, 0) is 19.6 Å². The van der Waals surface area contributed by atoms with Gasteiger partial charge >= 0.3 is 6.03 Å². The van der Waals surface area contributed by atoms with E-state index < -0.39 is 34.0 Å². The third-order valence-corrected chi connectivity index (χ3v) is 7.55. The van der Waals surface area contributed by atoms with Crippen LogP contribution in [0.1, 0.15) is 32.6 Å². The van der Waals surface area contributed by atoms with Crippen LogP contribution in [-0.4, -0.2) is 61.6 Å². The summed E-state index contributed by atoms with van der Waals surface area (Å²) in [5.41, 5.74) is -0.529. The molecule has 29 heavy (non-hydrogen) atoms. The van der Waals surface area contributed by atoms with E-state index in [2.05, 4.69) is 10.6 Å². The Labute approximate surface area is 170 Å². The molecule has 2 fully saturated rings. The Morgan fingerprint density at radius 2 is 1.90 bits per heavy atom. The minimum atomic E-state index is -3.56. The number of benzene rings is 1. The zero-order valence-electron chi connectivity index (χ0n) is 16.8. The van der Waals surface area contributed by atoms with E-state index in [4.69, 9.17) is 0 Å². The van der Waals surface area contributed by atoms with Gasteiger partial charge in [0.15, 0.2) is 0 Å². The van der Waals surface area contributed by atoms with Crippen molar-refractivity contribution in [3.05, 3.63) is 24.3 Å². The molecule has 0 aromatic heterocycles. The Balaban J connectivity index is 1.67. The van der Waals surface area contributed by atoms with Gasteiger partial charge in [0.2, 0.25) is 15.9 Å². The molecule has 1 spiro atoms. The van der Waals surface area contributed by atoms with Gasteiger partial charge in [-0.25, -0.2) is 17.5 Å². The molecule has 9 nitrogen and oxygen atoms in total. The van der Waals surface area contributed by atoms with Crippen molar-refractivity contribution >= 4 is 33.6 Å². The average molecular weight is 423 g/mol. The van der Waals surface area contributed by atoms with Crippen molar-refractivity contribution < 1.29 is 22.8 Å². The van der Waals surface area contributed by atoms with Gasteiger partial charge in [-0.05, 0) is 43.0 Å². The van der Waals surface area contributed by atoms with Crippen LogP contribution in [0.5, 0.6) is 0 Å². The Hall–Kier alpha value is -2.46. The second kappa shape index (κ2) is 7.75. The summed E-state index contributed by atoms with van der Waals surface area (Å²) in [7, 11) is -0.694. The van der Waals surface area contributed by atoms with Gasteiger partial charge in [-0.15, -0.1) is 0 Å². The summed E-state index contributed by atoms with van der Waals surface area (Å²) >= 11 is 0. The van der Waals surface area contributed by atoms with Gasteiger partial charge in [-0.2, -0.15) is 0 Å². The summed E-state index contributed by atoms with van der Waals surface area (Å²) in [4.78, 5) is 38.7. The van der Waals surface area contributed by atoms with Gasteiger partial charge in [-0.3, -0.25) is 14.5 Å². The maximum absolute atomic E-state index is 12.9. The standard InChI is InChI=1S/C19H26N4O5S/c1-13-6-4-5-11-19(13)17(25)23(18(26)21-19)12-16(24)20-14-7-9-15(10-8-14)29(27,28)22(2)3/h7-10,13H,4-6,11-12H2,1-3H3,(H,20,24)(H,21,26). The molecule has 1 saturated carbocycles. The van der Waals surface area contributed by atoms with E-state index in [1.54, 1.807) is 0 Å². The fourth-order valence-electron chi connectivity index (χ4n) is 3.90. The topological polar surface area (TPSA) is 116 Å². The summed E-state index contributed by atoms with van der Waals surface area (Å²) in [6, 6.07) is 5.15. The summed E-state index contributed by atoms with van der Waals surface area (Å²) in [6.45, 7) is 1.56. The summed E-state index contributed by atoms with van der Waals surface area (Å²) in [6.07, 6.45) is 3.32. The van der Waals surface area contributed by atoms with Gasteiger partial charge in [0, 0.05) is 19.8 Å². The summed E-state index contributed by atoms with van der Waals surface area (Å²) in [5.74, 6) is -0.860. The lowest BCUT2D eigenvalue weighted by Crippen LogP contribution is -2.54. The van der Waals surface area contributed by atoms with Crippen LogP contribution < -0.4 is 10.6 Å². The third kappa shape index (κ3) is 3.86. The van der Waals surface area contributed by atoms with Crippen molar-refractivity contribution in [2.75, 3.05) is 26.0 Å². The number of carbonyl (C=O) groups excluding carboxylic acids is 3. The van der Waals surface area contributed by atoms with Crippen LogP contribution >= 0.6 is 0 Å². The molecule has 2 atom stereocenters. The lowest BCUT2D eigenvalue weighted by Gasteiger charge is -2.36. The number of rotatable bonds is 5. The molecule has 1 heterocycles.